The van der Waals surface area contributed by atoms with Crippen molar-refractivity contribution in [1.29, 1.82) is 0 Å². The average Bonchev–Trinajstić information content (AvgIpc) is 2.76. The van der Waals surface area contributed by atoms with Crippen molar-refractivity contribution >= 4 is 28.2 Å². The Balaban J connectivity index is 1.83. The van der Waals surface area contributed by atoms with E-state index in [2.05, 4.69) is 44.3 Å². The summed E-state index contributed by atoms with van der Waals surface area (Å²) in [7, 11) is 3.21. The van der Waals surface area contributed by atoms with Crippen LogP contribution in [0.15, 0.2) is 36.4 Å². The highest BCUT2D eigenvalue weighted by Crippen LogP contribution is 2.36. The minimum atomic E-state index is -0.0308. The SMILES string of the molecule is COc1cc2nc(C(=O)N3CCC[C@@H](C)C3)cc(Nc3cc(C)cc(C)c3)c2cc1OC. The first kappa shape index (κ1) is 21.9. The van der Waals surface area contributed by atoms with Crippen LogP contribution in [0.3, 0.4) is 0 Å². The molecule has 0 radical (unpaired) electrons. The molecule has 0 unspecified atom stereocenters. The van der Waals surface area contributed by atoms with Gasteiger partial charge in [-0.25, -0.2) is 4.98 Å². The highest BCUT2D eigenvalue weighted by molar-refractivity contribution is 6.01. The number of aryl methyl sites for hydroxylation is 2. The Kier molecular flexibility index (Phi) is 6.21. The van der Waals surface area contributed by atoms with E-state index >= 15 is 0 Å². The van der Waals surface area contributed by atoms with Crippen LogP contribution < -0.4 is 14.8 Å². The molecule has 1 fully saturated rings. The van der Waals surface area contributed by atoms with Crippen molar-refractivity contribution in [2.45, 2.75) is 33.6 Å². The Labute approximate surface area is 189 Å². The van der Waals surface area contributed by atoms with Gasteiger partial charge in [-0.1, -0.05) is 13.0 Å². The lowest BCUT2D eigenvalue weighted by molar-refractivity contribution is 0.0677. The van der Waals surface area contributed by atoms with Gasteiger partial charge >= 0.3 is 0 Å². The van der Waals surface area contributed by atoms with Gasteiger partial charge in [0.05, 0.1) is 25.4 Å². The van der Waals surface area contributed by atoms with Crippen molar-refractivity contribution < 1.29 is 14.3 Å². The Morgan fingerprint density at radius 2 is 1.72 bits per heavy atom. The van der Waals surface area contributed by atoms with Crippen LogP contribution in [0.2, 0.25) is 0 Å². The second-order valence-corrected chi connectivity index (χ2v) is 8.78. The molecule has 0 bridgehead atoms. The zero-order valence-electron chi connectivity index (χ0n) is 19.5. The second-order valence-electron chi connectivity index (χ2n) is 8.78. The quantitative estimate of drug-likeness (QED) is 0.577. The first-order valence-electron chi connectivity index (χ1n) is 11.1. The second kappa shape index (κ2) is 9.07. The van der Waals surface area contributed by atoms with Crippen LogP contribution in [-0.2, 0) is 0 Å². The Hall–Kier alpha value is -3.28. The summed E-state index contributed by atoms with van der Waals surface area (Å²) in [5.74, 6) is 1.68. The molecule has 1 aromatic heterocycles. The van der Waals surface area contributed by atoms with Crippen LogP contribution in [-0.4, -0.2) is 43.1 Å². The number of anilines is 2. The molecule has 3 aromatic rings. The molecule has 1 aliphatic rings. The Morgan fingerprint density at radius 3 is 2.38 bits per heavy atom. The van der Waals surface area contributed by atoms with Crippen molar-refractivity contribution in [2.24, 2.45) is 5.92 Å². The highest BCUT2D eigenvalue weighted by atomic mass is 16.5. The fourth-order valence-corrected chi connectivity index (χ4v) is 4.50. The number of nitrogens with zero attached hydrogens (tertiary/aromatic N) is 2. The summed E-state index contributed by atoms with van der Waals surface area (Å²) in [6.07, 6.45) is 2.19. The minimum absolute atomic E-state index is 0.0308. The van der Waals surface area contributed by atoms with Crippen LogP contribution in [0.5, 0.6) is 11.5 Å². The summed E-state index contributed by atoms with van der Waals surface area (Å²) < 4.78 is 11.0. The molecule has 0 saturated carbocycles. The predicted molar refractivity (Wildman–Crippen MR) is 128 cm³/mol. The third-order valence-corrected chi connectivity index (χ3v) is 5.98. The van der Waals surface area contributed by atoms with E-state index in [0.29, 0.717) is 28.6 Å². The monoisotopic (exact) mass is 433 g/mol. The number of methoxy groups -OCH3 is 2. The van der Waals surface area contributed by atoms with Gasteiger partial charge in [-0.15, -0.1) is 0 Å². The molecular formula is C26H31N3O3. The zero-order valence-corrected chi connectivity index (χ0v) is 19.5. The normalized spacial score (nSPS) is 16.2. The van der Waals surface area contributed by atoms with Crippen molar-refractivity contribution in [1.82, 2.24) is 9.88 Å². The average molecular weight is 434 g/mol. The molecule has 2 heterocycles. The summed E-state index contributed by atoms with van der Waals surface area (Å²) >= 11 is 0. The molecule has 0 aliphatic carbocycles. The third-order valence-electron chi connectivity index (χ3n) is 5.98. The lowest BCUT2D eigenvalue weighted by atomic mass is 10.00. The van der Waals surface area contributed by atoms with Gasteiger partial charge in [-0.2, -0.15) is 0 Å². The number of carbonyl (C=O) groups is 1. The number of hydrogen-bond acceptors (Lipinski definition) is 5. The van der Waals surface area contributed by atoms with E-state index in [1.54, 1.807) is 14.2 Å². The van der Waals surface area contributed by atoms with Gasteiger partial charge in [-0.3, -0.25) is 4.79 Å². The Bertz CT molecular complexity index is 1140. The van der Waals surface area contributed by atoms with Gasteiger partial charge in [0.25, 0.3) is 5.91 Å². The third kappa shape index (κ3) is 4.49. The number of benzene rings is 2. The molecule has 2 aromatic carbocycles. The maximum absolute atomic E-state index is 13.4. The number of amides is 1. The number of ether oxygens (including phenoxy) is 2. The number of piperidine rings is 1. The fourth-order valence-electron chi connectivity index (χ4n) is 4.50. The molecule has 0 spiro atoms. The van der Waals surface area contributed by atoms with E-state index in [1.807, 2.05) is 23.1 Å². The van der Waals surface area contributed by atoms with Crippen molar-refractivity contribution in [3.63, 3.8) is 0 Å². The first-order valence-corrected chi connectivity index (χ1v) is 11.1. The lowest BCUT2D eigenvalue weighted by Crippen LogP contribution is -2.39. The number of fused-ring (bicyclic) bond motifs is 1. The predicted octanol–water partition coefficient (Wildman–Crippen LogP) is 5.48. The van der Waals surface area contributed by atoms with E-state index in [1.165, 1.54) is 11.1 Å². The smallest absolute Gasteiger partial charge is 0.272 e. The largest absolute Gasteiger partial charge is 0.493 e. The number of hydrogen-bond donors (Lipinski definition) is 1. The van der Waals surface area contributed by atoms with Gasteiger partial charge < -0.3 is 19.7 Å². The molecule has 168 valence electrons. The van der Waals surface area contributed by atoms with Crippen LogP contribution >= 0.6 is 0 Å². The van der Waals surface area contributed by atoms with Gasteiger partial charge in [-0.05, 0) is 68.0 Å². The van der Waals surface area contributed by atoms with E-state index in [9.17, 15) is 4.79 Å². The van der Waals surface area contributed by atoms with Gasteiger partial charge in [0, 0.05) is 30.2 Å². The molecule has 4 rings (SSSR count). The molecule has 6 heteroatoms. The zero-order chi connectivity index (χ0) is 22.8. The lowest BCUT2D eigenvalue weighted by Gasteiger charge is -2.30. The topological polar surface area (TPSA) is 63.7 Å². The van der Waals surface area contributed by atoms with Crippen molar-refractivity contribution in [3.05, 3.63) is 53.2 Å². The Morgan fingerprint density at radius 1 is 1.03 bits per heavy atom. The van der Waals surface area contributed by atoms with Crippen LogP contribution in [0.25, 0.3) is 10.9 Å². The molecule has 32 heavy (non-hydrogen) atoms. The molecule has 1 aliphatic heterocycles. The van der Waals surface area contributed by atoms with Crippen LogP contribution in [0.1, 0.15) is 41.4 Å². The molecular weight excluding hydrogens is 402 g/mol. The molecule has 1 atom stereocenters. The standard InChI is InChI=1S/C26H31N3O3/c1-16-7-6-8-29(15-16)26(30)23-13-21(27-19-10-17(2)9-18(3)11-19)20-12-24(31-4)25(32-5)14-22(20)28-23/h9-14,16H,6-8,15H2,1-5H3,(H,27,28)/t16-/m1/s1. The van der Waals surface area contributed by atoms with E-state index in [-0.39, 0.29) is 5.91 Å². The number of aromatic nitrogens is 1. The molecule has 6 nitrogen and oxygen atoms in total. The van der Waals surface area contributed by atoms with E-state index < -0.39 is 0 Å². The summed E-state index contributed by atoms with van der Waals surface area (Å²) in [6.45, 7) is 7.88. The van der Waals surface area contributed by atoms with Crippen molar-refractivity contribution in [2.75, 3.05) is 32.6 Å². The van der Waals surface area contributed by atoms with Crippen LogP contribution in [0, 0.1) is 19.8 Å². The number of carbonyl (C=O) groups excluding carboxylic acids is 1. The molecule has 1 N–H and O–H groups in total. The van der Waals surface area contributed by atoms with E-state index in [0.717, 1.165) is 42.7 Å². The van der Waals surface area contributed by atoms with Gasteiger partial charge in [0.2, 0.25) is 0 Å². The summed E-state index contributed by atoms with van der Waals surface area (Å²) in [6, 6.07) is 11.9. The van der Waals surface area contributed by atoms with Crippen LogP contribution in [0.4, 0.5) is 11.4 Å². The maximum Gasteiger partial charge on any atom is 0.272 e. The highest BCUT2D eigenvalue weighted by Gasteiger charge is 2.24. The maximum atomic E-state index is 13.4. The number of pyridine rings is 1. The first-order chi connectivity index (χ1) is 15.4. The number of nitrogens with one attached hydrogen (secondary N) is 1. The van der Waals surface area contributed by atoms with E-state index in [4.69, 9.17) is 14.5 Å². The fraction of sp³-hybridized carbons (Fsp3) is 0.385. The van der Waals surface area contributed by atoms with Crippen molar-refractivity contribution in [3.8, 4) is 11.5 Å². The molecule has 1 amide bonds. The summed E-state index contributed by atoms with van der Waals surface area (Å²) in [4.78, 5) is 20.0. The number of likely N-dealkylation sites (tertiary alicyclic amines) is 1. The molecule has 1 saturated heterocycles. The minimum Gasteiger partial charge on any atom is -0.493 e. The number of rotatable bonds is 5. The summed E-state index contributed by atoms with van der Waals surface area (Å²) in [5.41, 5.74) is 5.24. The van der Waals surface area contributed by atoms with Gasteiger partial charge in [0.1, 0.15) is 5.69 Å². The summed E-state index contributed by atoms with van der Waals surface area (Å²) in [5, 5.41) is 4.38. The van der Waals surface area contributed by atoms with Gasteiger partial charge in [0.15, 0.2) is 11.5 Å².